The Kier molecular flexibility index (Phi) is 10.4. The Hall–Kier alpha value is -3.90. The SMILES string of the molecule is Cc1ccccc1NC(=S)N(Cc1cccc(Cl)c1Cl)C[C@H](C)NC(=O)Cc1cncn1Cc1ccc(C#N)cc1. The van der Waals surface area contributed by atoms with E-state index in [1.807, 2.05) is 71.8 Å². The summed E-state index contributed by atoms with van der Waals surface area (Å²) in [6.45, 7) is 5.36. The first-order chi connectivity index (χ1) is 19.7. The number of para-hydroxylation sites is 1. The van der Waals surface area contributed by atoms with Crippen molar-refractivity contribution in [2.45, 2.75) is 39.4 Å². The molecule has 7 nitrogen and oxygen atoms in total. The molecule has 1 atom stereocenters. The van der Waals surface area contributed by atoms with Crippen molar-refractivity contribution in [1.29, 1.82) is 5.26 Å². The van der Waals surface area contributed by atoms with Gasteiger partial charge in [0.05, 0.1) is 34.4 Å². The molecule has 0 bridgehead atoms. The molecule has 0 radical (unpaired) electrons. The maximum atomic E-state index is 13.1. The second kappa shape index (κ2) is 14.1. The normalized spacial score (nSPS) is 11.4. The van der Waals surface area contributed by atoms with Crippen LogP contribution in [0.2, 0.25) is 10.0 Å². The van der Waals surface area contributed by atoms with Crippen molar-refractivity contribution >= 4 is 52.1 Å². The fourth-order valence-corrected chi connectivity index (χ4v) is 5.02. The largest absolute Gasteiger partial charge is 0.352 e. The van der Waals surface area contributed by atoms with Gasteiger partial charge in [0.25, 0.3) is 0 Å². The summed E-state index contributed by atoms with van der Waals surface area (Å²) in [6, 6.07) is 22.7. The van der Waals surface area contributed by atoms with E-state index in [1.165, 1.54) is 0 Å². The predicted molar refractivity (Wildman–Crippen MR) is 168 cm³/mol. The Balaban J connectivity index is 1.42. The molecule has 0 saturated heterocycles. The summed E-state index contributed by atoms with van der Waals surface area (Å²) in [4.78, 5) is 19.3. The highest BCUT2D eigenvalue weighted by Crippen LogP contribution is 2.27. The summed E-state index contributed by atoms with van der Waals surface area (Å²) in [6.07, 6.45) is 3.58. The number of carbonyl (C=O) groups is 1. The first-order valence-corrected chi connectivity index (χ1v) is 14.2. The fourth-order valence-electron chi connectivity index (χ4n) is 4.39. The second-order valence-corrected chi connectivity index (χ2v) is 11.0. The molecule has 1 aromatic heterocycles. The highest BCUT2D eigenvalue weighted by atomic mass is 35.5. The van der Waals surface area contributed by atoms with Gasteiger partial charge in [0, 0.05) is 43.3 Å². The zero-order valence-corrected chi connectivity index (χ0v) is 25.1. The lowest BCUT2D eigenvalue weighted by Gasteiger charge is -2.30. The summed E-state index contributed by atoms with van der Waals surface area (Å²) in [5.74, 6) is -0.127. The molecule has 0 aliphatic carbocycles. The quantitative estimate of drug-likeness (QED) is 0.205. The van der Waals surface area contributed by atoms with Crippen molar-refractivity contribution in [3.63, 3.8) is 0 Å². The summed E-state index contributed by atoms with van der Waals surface area (Å²) in [7, 11) is 0. The number of carbonyl (C=O) groups excluding carboxylic acids is 1. The molecule has 0 saturated carbocycles. The van der Waals surface area contributed by atoms with Crippen LogP contribution in [0.15, 0.2) is 79.3 Å². The second-order valence-electron chi connectivity index (χ2n) is 9.81. The number of halogens is 2. The maximum Gasteiger partial charge on any atom is 0.226 e. The third-order valence-corrected chi connectivity index (χ3v) is 7.76. The standard InChI is InChI=1S/C31H30Cl2N6OS/c1-21-6-3-4-9-28(21)37-31(41)38(19-25-7-5-8-27(32)30(25)33)17-22(2)36-29(40)14-26-16-35-20-39(26)18-24-12-10-23(15-34)11-13-24/h3-13,16,20,22H,14,17-19H2,1-2H3,(H,36,40)(H,37,41)/t22-/m0/s1. The molecule has 0 spiro atoms. The Morgan fingerprint density at radius 1 is 1.12 bits per heavy atom. The molecule has 10 heteroatoms. The zero-order chi connectivity index (χ0) is 29.4. The Morgan fingerprint density at radius 2 is 1.88 bits per heavy atom. The van der Waals surface area contributed by atoms with Crippen LogP contribution in [0.3, 0.4) is 0 Å². The van der Waals surface area contributed by atoms with Crippen LogP contribution in [0, 0.1) is 18.3 Å². The molecule has 4 rings (SSSR count). The molecule has 2 N–H and O–H groups in total. The smallest absolute Gasteiger partial charge is 0.226 e. The number of anilines is 1. The van der Waals surface area contributed by atoms with Gasteiger partial charge in [0.15, 0.2) is 5.11 Å². The number of hydrogen-bond donors (Lipinski definition) is 2. The molecule has 0 fully saturated rings. The number of rotatable bonds is 10. The van der Waals surface area contributed by atoms with Gasteiger partial charge in [-0.25, -0.2) is 4.98 Å². The Morgan fingerprint density at radius 3 is 2.61 bits per heavy atom. The van der Waals surface area contributed by atoms with E-state index in [0.29, 0.717) is 40.4 Å². The third kappa shape index (κ3) is 8.30. The monoisotopic (exact) mass is 604 g/mol. The van der Waals surface area contributed by atoms with E-state index in [4.69, 9.17) is 40.7 Å². The van der Waals surface area contributed by atoms with Crippen molar-refractivity contribution in [2.24, 2.45) is 0 Å². The van der Waals surface area contributed by atoms with E-state index in [-0.39, 0.29) is 18.4 Å². The van der Waals surface area contributed by atoms with Gasteiger partial charge in [-0.15, -0.1) is 0 Å². The lowest BCUT2D eigenvalue weighted by Crippen LogP contribution is -2.45. The van der Waals surface area contributed by atoms with E-state index in [0.717, 1.165) is 28.1 Å². The molecular formula is C31H30Cl2N6OS. The number of imidazole rings is 1. The minimum atomic E-state index is -0.230. The molecular weight excluding hydrogens is 575 g/mol. The Bertz CT molecular complexity index is 1560. The fraction of sp³-hybridized carbons (Fsp3) is 0.226. The number of amides is 1. The van der Waals surface area contributed by atoms with Crippen LogP contribution in [0.4, 0.5) is 5.69 Å². The lowest BCUT2D eigenvalue weighted by molar-refractivity contribution is -0.121. The van der Waals surface area contributed by atoms with Gasteiger partial charge in [-0.05, 0) is 67.0 Å². The lowest BCUT2D eigenvalue weighted by atomic mass is 10.1. The van der Waals surface area contributed by atoms with E-state index in [1.54, 1.807) is 30.7 Å². The van der Waals surface area contributed by atoms with Crippen LogP contribution in [0.25, 0.3) is 0 Å². The summed E-state index contributed by atoms with van der Waals surface area (Å²) in [5.41, 5.74) is 5.22. The maximum absolute atomic E-state index is 13.1. The third-order valence-electron chi connectivity index (χ3n) is 6.54. The average Bonchev–Trinajstić information content (AvgIpc) is 3.38. The first kappa shape index (κ1) is 30.1. The molecule has 3 aromatic carbocycles. The summed E-state index contributed by atoms with van der Waals surface area (Å²) < 4.78 is 1.93. The molecule has 0 aliphatic rings. The van der Waals surface area contributed by atoms with E-state index >= 15 is 0 Å². The van der Waals surface area contributed by atoms with Gasteiger partial charge in [-0.1, -0.05) is 65.7 Å². The number of nitrogens with one attached hydrogen (secondary N) is 2. The number of hydrogen-bond acceptors (Lipinski definition) is 4. The molecule has 0 unspecified atom stereocenters. The van der Waals surface area contributed by atoms with Crippen molar-refractivity contribution in [1.82, 2.24) is 19.8 Å². The van der Waals surface area contributed by atoms with Crippen LogP contribution >= 0.6 is 35.4 Å². The minimum absolute atomic E-state index is 0.127. The highest BCUT2D eigenvalue weighted by molar-refractivity contribution is 7.80. The summed E-state index contributed by atoms with van der Waals surface area (Å²) in [5, 5.41) is 16.9. The van der Waals surface area contributed by atoms with Crippen molar-refractivity contribution in [2.75, 3.05) is 11.9 Å². The van der Waals surface area contributed by atoms with Gasteiger partial charge >= 0.3 is 0 Å². The molecule has 1 heterocycles. The number of aromatic nitrogens is 2. The number of nitriles is 1. The molecule has 0 aliphatic heterocycles. The van der Waals surface area contributed by atoms with Gasteiger partial charge in [-0.3, -0.25) is 4.79 Å². The van der Waals surface area contributed by atoms with Crippen molar-refractivity contribution in [3.05, 3.63) is 117 Å². The van der Waals surface area contributed by atoms with Gasteiger partial charge in [0.1, 0.15) is 0 Å². The predicted octanol–water partition coefficient (Wildman–Crippen LogP) is 6.36. The van der Waals surface area contributed by atoms with E-state index in [9.17, 15) is 4.79 Å². The highest BCUT2D eigenvalue weighted by Gasteiger charge is 2.19. The van der Waals surface area contributed by atoms with Crippen molar-refractivity contribution < 1.29 is 4.79 Å². The molecule has 210 valence electrons. The number of benzene rings is 3. The zero-order valence-electron chi connectivity index (χ0n) is 22.8. The topological polar surface area (TPSA) is 86.0 Å². The molecule has 1 amide bonds. The van der Waals surface area contributed by atoms with Crippen LogP contribution in [0.1, 0.15) is 34.9 Å². The number of nitrogens with zero attached hydrogens (tertiary/aromatic N) is 4. The summed E-state index contributed by atoms with van der Waals surface area (Å²) >= 11 is 18.6. The number of aryl methyl sites for hydroxylation is 1. The van der Waals surface area contributed by atoms with Crippen LogP contribution in [-0.4, -0.2) is 38.1 Å². The minimum Gasteiger partial charge on any atom is -0.352 e. The molecule has 4 aromatic rings. The van der Waals surface area contributed by atoms with Crippen LogP contribution in [-0.2, 0) is 24.3 Å². The first-order valence-electron chi connectivity index (χ1n) is 13.1. The average molecular weight is 606 g/mol. The van der Waals surface area contributed by atoms with Crippen molar-refractivity contribution in [3.8, 4) is 6.07 Å². The Labute approximate surface area is 255 Å². The van der Waals surface area contributed by atoms with E-state index < -0.39 is 0 Å². The van der Waals surface area contributed by atoms with Gasteiger partial charge < -0.3 is 20.1 Å². The molecule has 41 heavy (non-hydrogen) atoms. The van der Waals surface area contributed by atoms with E-state index in [2.05, 4.69) is 21.7 Å². The number of thiocarbonyl (C=S) groups is 1. The van der Waals surface area contributed by atoms with Crippen LogP contribution < -0.4 is 10.6 Å². The van der Waals surface area contributed by atoms with Crippen LogP contribution in [0.5, 0.6) is 0 Å². The van der Waals surface area contributed by atoms with Gasteiger partial charge in [0.2, 0.25) is 5.91 Å². The van der Waals surface area contributed by atoms with Gasteiger partial charge in [-0.2, -0.15) is 5.26 Å².